The lowest BCUT2D eigenvalue weighted by Gasteiger charge is -2.18. The van der Waals surface area contributed by atoms with E-state index in [-0.39, 0.29) is 30.7 Å². The van der Waals surface area contributed by atoms with Gasteiger partial charge >= 0.3 is 0 Å². The average Bonchev–Trinajstić information content (AvgIpc) is 3.36. The van der Waals surface area contributed by atoms with Gasteiger partial charge in [0.15, 0.2) is 0 Å². The van der Waals surface area contributed by atoms with Crippen molar-refractivity contribution in [3.63, 3.8) is 0 Å². The number of hydrogen-bond donors (Lipinski definition) is 1. The lowest BCUT2D eigenvalue weighted by molar-refractivity contribution is -0.121. The topological polar surface area (TPSA) is 69.7 Å². The molecule has 0 radical (unpaired) electrons. The fourth-order valence-corrected chi connectivity index (χ4v) is 4.19. The molecule has 2 aliphatic rings. The van der Waals surface area contributed by atoms with Gasteiger partial charge in [-0.1, -0.05) is 36.4 Å². The van der Waals surface area contributed by atoms with Crippen LogP contribution in [-0.2, 0) is 17.9 Å². The molecule has 1 fully saturated rings. The van der Waals surface area contributed by atoms with E-state index in [2.05, 4.69) is 22.3 Å². The second-order valence-electron chi connectivity index (χ2n) is 7.94. The number of carbonyl (C=O) groups excluding carboxylic acids is 3. The summed E-state index contributed by atoms with van der Waals surface area (Å²) in [6.07, 6.45) is 3.24. The predicted molar refractivity (Wildman–Crippen MR) is 114 cm³/mol. The van der Waals surface area contributed by atoms with Crippen LogP contribution in [0, 0.1) is 0 Å². The van der Waals surface area contributed by atoms with Crippen LogP contribution < -0.4 is 5.32 Å². The largest absolute Gasteiger partial charge is 0.352 e. The number of fused-ring (bicyclic) bond motifs is 1. The molecule has 156 valence electrons. The van der Waals surface area contributed by atoms with Gasteiger partial charge in [0.05, 0.1) is 11.1 Å². The quantitative estimate of drug-likeness (QED) is 0.686. The van der Waals surface area contributed by atoms with Crippen LogP contribution in [0.25, 0.3) is 0 Å². The summed E-state index contributed by atoms with van der Waals surface area (Å²) < 4.78 is 0. The molecule has 4 rings (SSSR count). The summed E-state index contributed by atoms with van der Waals surface area (Å²) in [4.78, 5) is 40.8. The highest BCUT2D eigenvalue weighted by Gasteiger charge is 2.34. The van der Waals surface area contributed by atoms with E-state index in [1.165, 1.54) is 23.3 Å². The molecule has 30 heavy (non-hydrogen) atoms. The fourth-order valence-electron chi connectivity index (χ4n) is 4.19. The van der Waals surface area contributed by atoms with Crippen LogP contribution in [0.15, 0.2) is 48.5 Å². The molecule has 1 saturated heterocycles. The summed E-state index contributed by atoms with van der Waals surface area (Å²) in [6.45, 7) is 3.95. The first-order chi connectivity index (χ1) is 14.6. The number of carbonyl (C=O) groups is 3. The number of likely N-dealkylation sites (tertiary alicyclic amines) is 1. The van der Waals surface area contributed by atoms with Gasteiger partial charge < -0.3 is 5.32 Å². The standard InChI is InChI=1S/C24H27N3O3/c28-22(12-7-15-27-23(29)20-10-3-4-11-21(20)24(27)30)25-16-18-8-1-2-9-19(18)17-26-13-5-6-14-26/h1-4,8-11H,5-7,12-17H2,(H,25,28). The van der Waals surface area contributed by atoms with Crippen LogP contribution in [0.4, 0.5) is 0 Å². The number of nitrogens with one attached hydrogen (secondary N) is 1. The molecule has 0 saturated carbocycles. The van der Waals surface area contributed by atoms with E-state index in [4.69, 9.17) is 0 Å². The maximum absolute atomic E-state index is 12.4. The smallest absolute Gasteiger partial charge is 0.261 e. The van der Waals surface area contributed by atoms with Crippen LogP contribution in [-0.4, -0.2) is 47.2 Å². The zero-order valence-electron chi connectivity index (χ0n) is 17.1. The van der Waals surface area contributed by atoms with E-state index in [0.717, 1.165) is 25.2 Å². The van der Waals surface area contributed by atoms with E-state index in [9.17, 15) is 14.4 Å². The highest BCUT2D eigenvalue weighted by Crippen LogP contribution is 2.22. The van der Waals surface area contributed by atoms with Crippen LogP contribution in [0.2, 0.25) is 0 Å². The monoisotopic (exact) mass is 405 g/mol. The van der Waals surface area contributed by atoms with E-state index in [1.807, 2.05) is 12.1 Å². The fraction of sp³-hybridized carbons (Fsp3) is 0.375. The molecule has 3 amide bonds. The first-order valence-corrected chi connectivity index (χ1v) is 10.6. The van der Waals surface area contributed by atoms with Crippen LogP contribution in [0.3, 0.4) is 0 Å². The summed E-state index contributed by atoms with van der Waals surface area (Å²) in [5, 5.41) is 2.98. The summed E-state index contributed by atoms with van der Waals surface area (Å²) in [5.41, 5.74) is 3.28. The number of rotatable bonds is 8. The third-order valence-corrected chi connectivity index (χ3v) is 5.85. The van der Waals surface area contributed by atoms with E-state index in [1.54, 1.807) is 24.3 Å². The molecule has 6 nitrogen and oxygen atoms in total. The van der Waals surface area contributed by atoms with Gasteiger partial charge in [-0.25, -0.2) is 0 Å². The molecule has 0 spiro atoms. The summed E-state index contributed by atoms with van der Waals surface area (Å²) in [7, 11) is 0. The molecule has 0 unspecified atom stereocenters. The van der Waals surface area contributed by atoms with Crippen LogP contribution >= 0.6 is 0 Å². The normalized spacial score (nSPS) is 16.2. The van der Waals surface area contributed by atoms with E-state index in [0.29, 0.717) is 24.1 Å². The SMILES string of the molecule is O=C(CCCN1C(=O)c2ccccc2C1=O)NCc1ccccc1CN1CCCC1. The van der Waals surface area contributed by atoms with Gasteiger partial charge in [-0.3, -0.25) is 24.2 Å². The van der Waals surface area contributed by atoms with Crippen molar-refractivity contribution in [1.82, 2.24) is 15.1 Å². The zero-order chi connectivity index (χ0) is 20.9. The Morgan fingerprint density at radius 2 is 1.47 bits per heavy atom. The minimum atomic E-state index is -0.271. The van der Waals surface area contributed by atoms with Crippen molar-refractivity contribution in [2.75, 3.05) is 19.6 Å². The van der Waals surface area contributed by atoms with E-state index < -0.39 is 0 Å². The molecule has 0 atom stereocenters. The Labute approximate surface area is 176 Å². The Kier molecular flexibility index (Phi) is 6.23. The van der Waals surface area contributed by atoms with E-state index >= 15 is 0 Å². The lowest BCUT2D eigenvalue weighted by atomic mass is 10.1. The van der Waals surface area contributed by atoms with Crippen molar-refractivity contribution in [2.24, 2.45) is 0 Å². The Balaban J connectivity index is 1.24. The first-order valence-electron chi connectivity index (χ1n) is 10.6. The molecule has 6 heteroatoms. The number of benzene rings is 2. The zero-order valence-corrected chi connectivity index (χ0v) is 17.1. The summed E-state index contributed by atoms with van der Waals surface area (Å²) >= 11 is 0. The van der Waals surface area contributed by atoms with Gasteiger partial charge in [0, 0.05) is 26.1 Å². The molecule has 2 aromatic rings. The molecular formula is C24H27N3O3. The van der Waals surface area contributed by atoms with Gasteiger partial charge in [-0.2, -0.15) is 0 Å². The third kappa shape index (κ3) is 4.44. The molecule has 2 aromatic carbocycles. The predicted octanol–water partition coefficient (Wildman–Crippen LogP) is 2.98. The van der Waals surface area contributed by atoms with Gasteiger partial charge in [-0.15, -0.1) is 0 Å². The molecule has 1 N–H and O–H groups in total. The van der Waals surface area contributed by atoms with Gasteiger partial charge in [-0.05, 0) is 55.6 Å². The average molecular weight is 405 g/mol. The molecule has 2 heterocycles. The third-order valence-electron chi connectivity index (χ3n) is 5.85. The summed E-state index contributed by atoms with van der Waals surface area (Å²) in [5.74, 6) is -0.610. The van der Waals surface area contributed by atoms with Gasteiger partial charge in [0.2, 0.25) is 5.91 Å². The molecule has 2 aliphatic heterocycles. The van der Waals surface area contributed by atoms with Crippen molar-refractivity contribution >= 4 is 17.7 Å². The second-order valence-corrected chi connectivity index (χ2v) is 7.94. The number of nitrogens with zero attached hydrogens (tertiary/aromatic N) is 2. The first kappa shape index (κ1) is 20.3. The maximum Gasteiger partial charge on any atom is 0.261 e. The minimum Gasteiger partial charge on any atom is -0.352 e. The minimum absolute atomic E-state index is 0.0671. The maximum atomic E-state index is 12.4. The molecule has 0 aromatic heterocycles. The highest BCUT2D eigenvalue weighted by atomic mass is 16.2. The lowest BCUT2D eigenvalue weighted by Crippen LogP contribution is -2.32. The Bertz CT molecular complexity index is 915. The Morgan fingerprint density at radius 1 is 0.867 bits per heavy atom. The van der Waals surface area contributed by atoms with Crippen molar-refractivity contribution in [3.05, 3.63) is 70.8 Å². The number of amides is 3. The molecule has 0 aliphatic carbocycles. The second kappa shape index (κ2) is 9.22. The number of hydrogen-bond acceptors (Lipinski definition) is 4. The van der Waals surface area contributed by atoms with Crippen molar-refractivity contribution in [1.29, 1.82) is 0 Å². The Hall–Kier alpha value is -2.99. The van der Waals surface area contributed by atoms with Crippen LogP contribution in [0.5, 0.6) is 0 Å². The number of imide groups is 1. The van der Waals surface area contributed by atoms with Gasteiger partial charge in [0.1, 0.15) is 0 Å². The molecule has 0 bridgehead atoms. The van der Waals surface area contributed by atoms with Crippen molar-refractivity contribution in [3.8, 4) is 0 Å². The molecular weight excluding hydrogens is 378 g/mol. The van der Waals surface area contributed by atoms with Crippen molar-refractivity contribution < 1.29 is 14.4 Å². The van der Waals surface area contributed by atoms with Crippen LogP contribution in [0.1, 0.15) is 57.5 Å². The van der Waals surface area contributed by atoms with Crippen molar-refractivity contribution in [2.45, 2.75) is 38.8 Å². The Morgan fingerprint density at radius 3 is 2.13 bits per heavy atom. The van der Waals surface area contributed by atoms with Gasteiger partial charge in [0.25, 0.3) is 11.8 Å². The summed E-state index contributed by atoms with van der Waals surface area (Å²) in [6, 6.07) is 15.1. The highest BCUT2D eigenvalue weighted by molar-refractivity contribution is 6.21.